The smallest absolute Gasteiger partial charge is 0.125 e. The van der Waals surface area contributed by atoms with Gasteiger partial charge in [-0.3, -0.25) is 0 Å². The first kappa shape index (κ1) is 14.3. The summed E-state index contributed by atoms with van der Waals surface area (Å²) in [6.45, 7) is 3.96. The summed E-state index contributed by atoms with van der Waals surface area (Å²) in [5.74, 6) is 0.367. The maximum Gasteiger partial charge on any atom is 0.125 e. The van der Waals surface area contributed by atoms with Crippen molar-refractivity contribution in [1.82, 2.24) is 0 Å². The molecule has 2 atom stereocenters. The highest BCUT2D eigenvalue weighted by atomic mass is 19.1. The molecule has 0 aromatic heterocycles. The van der Waals surface area contributed by atoms with Crippen molar-refractivity contribution in [2.45, 2.75) is 45.1 Å². The predicted octanol–water partition coefficient (Wildman–Crippen LogP) is 3.56. The van der Waals surface area contributed by atoms with Crippen molar-refractivity contribution < 1.29 is 4.39 Å². The molecule has 2 N–H and O–H groups in total. The fourth-order valence-electron chi connectivity index (χ4n) is 3.01. The number of hydrogen-bond acceptors (Lipinski definition) is 2. The van der Waals surface area contributed by atoms with Gasteiger partial charge >= 0.3 is 0 Å². The van der Waals surface area contributed by atoms with Crippen molar-refractivity contribution >= 4 is 5.69 Å². The van der Waals surface area contributed by atoms with E-state index in [4.69, 9.17) is 5.73 Å². The minimum Gasteiger partial charge on any atom is -0.371 e. The zero-order valence-electron chi connectivity index (χ0n) is 11.8. The van der Waals surface area contributed by atoms with Crippen LogP contribution in [0.2, 0.25) is 0 Å². The highest BCUT2D eigenvalue weighted by Crippen LogP contribution is 2.25. The number of halogens is 1. The molecule has 1 aliphatic carbocycles. The summed E-state index contributed by atoms with van der Waals surface area (Å²) in [5.41, 5.74) is 7.26. The fraction of sp³-hybridized carbons (Fsp3) is 0.625. The maximum atomic E-state index is 13.3. The summed E-state index contributed by atoms with van der Waals surface area (Å²) in [5, 5.41) is 0. The molecule has 1 saturated carbocycles. The van der Waals surface area contributed by atoms with Gasteiger partial charge in [-0.15, -0.1) is 0 Å². The zero-order chi connectivity index (χ0) is 13.7. The maximum absolute atomic E-state index is 13.3. The summed E-state index contributed by atoms with van der Waals surface area (Å²) >= 11 is 0. The van der Waals surface area contributed by atoms with Gasteiger partial charge in [0.2, 0.25) is 0 Å². The molecule has 0 spiro atoms. The molecule has 0 radical (unpaired) electrons. The van der Waals surface area contributed by atoms with Crippen LogP contribution in [0, 0.1) is 11.7 Å². The highest BCUT2D eigenvalue weighted by Gasteiger charge is 2.22. The monoisotopic (exact) mass is 264 g/mol. The molecule has 106 valence electrons. The third-order valence-corrected chi connectivity index (χ3v) is 4.23. The summed E-state index contributed by atoms with van der Waals surface area (Å²) in [4.78, 5) is 2.25. The van der Waals surface area contributed by atoms with Crippen LogP contribution in [0.3, 0.4) is 0 Å². The van der Waals surface area contributed by atoms with Crippen LogP contribution in [0.25, 0.3) is 0 Å². The molecule has 0 heterocycles. The van der Waals surface area contributed by atoms with E-state index in [2.05, 4.69) is 11.8 Å². The van der Waals surface area contributed by atoms with Gasteiger partial charge in [-0.2, -0.15) is 0 Å². The first-order chi connectivity index (χ1) is 9.20. The second kappa shape index (κ2) is 6.90. The van der Waals surface area contributed by atoms with Crippen LogP contribution in [-0.4, -0.2) is 19.1 Å². The van der Waals surface area contributed by atoms with Crippen LogP contribution in [0.15, 0.2) is 24.3 Å². The van der Waals surface area contributed by atoms with Gasteiger partial charge < -0.3 is 10.6 Å². The van der Waals surface area contributed by atoms with E-state index in [9.17, 15) is 4.39 Å². The van der Waals surface area contributed by atoms with Gasteiger partial charge in [0.15, 0.2) is 0 Å². The lowest BCUT2D eigenvalue weighted by molar-refractivity contribution is 0.397. The van der Waals surface area contributed by atoms with Gasteiger partial charge in [-0.25, -0.2) is 4.39 Å². The van der Waals surface area contributed by atoms with E-state index in [1.54, 1.807) is 12.1 Å². The molecule has 0 amide bonds. The van der Waals surface area contributed by atoms with E-state index in [1.807, 2.05) is 6.07 Å². The second-order valence-corrected chi connectivity index (χ2v) is 5.58. The molecule has 0 saturated heterocycles. The largest absolute Gasteiger partial charge is 0.371 e. The Morgan fingerprint density at radius 2 is 2.05 bits per heavy atom. The van der Waals surface area contributed by atoms with E-state index in [0.29, 0.717) is 12.0 Å². The average Bonchev–Trinajstić information content (AvgIpc) is 2.61. The molecule has 1 aromatic rings. The number of benzene rings is 1. The van der Waals surface area contributed by atoms with Gasteiger partial charge in [0.25, 0.3) is 0 Å². The Morgan fingerprint density at radius 3 is 2.79 bits per heavy atom. The van der Waals surface area contributed by atoms with Crippen molar-refractivity contribution in [3.8, 4) is 0 Å². The summed E-state index contributed by atoms with van der Waals surface area (Å²) < 4.78 is 13.3. The SMILES string of the molecule is CCN(CC1CCCCCC1N)c1cccc(F)c1. The molecule has 2 unspecified atom stereocenters. The first-order valence-electron chi connectivity index (χ1n) is 7.46. The number of anilines is 1. The Kier molecular flexibility index (Phi) is 5.20. The number of rotatable bonds is 4. The molecule has 2 rings (SSSR count). The van der Waals surface area contributed by atoms with Crippen LogP contribution >= 0.6 is 0 Å². The van der Waals surface area contributed by atoms with Gasteiger partial charge in [0.1, 0.15) is 5.82 Å². The molecular weight excluding hydrogens is 239 g/mol. The van der Waals surface area contributed by atoms with E-state index in [-0.39, 0.29) is 5.82 Å². The fourth-order valence-corrected chi connectivity index (χ4v) is 3.01. The second-order valence-electron chi connectivity index (χ2n) is 5.58. The van der Waals surface area contributed by atoms with Crippen LogP contribution in [0.5, 0.6) is 0 Å². The molecule has 3 heteroatoms. The molecule has 1 fully saturated rings. The van der Waals surface area contributed by atoms with E-state index in [0.717, 1.165) is 25.2 Å². The normalized spacial score (nSPS) is 23.9. The summed E-state index contributed by atoms with van der Waals surface area (Å²) in [6.07, 6.45) is 6.16. The first-order valence-corrected chi connectivity index (χ1v) is 7.46. The Bertz CT molecular complexity index is 394. The Hall–Kier alpha value is -1.09. The Labute approximate surface area is 115 Å². The quantitative estimate of drug-likeness (QED) is 0.843. The molecule has 2 nitrogen and oxygen atoms in total. The third kappa shape index (κ3) is 3.93. The lowest BCUT2D eigenvalue weighted by Gasteiger charge is -2.30. The van der Waals surface area contributed by atoms with Gasteiger partial charge in [-0.05, 0) is 43.9 Å². The molecule has 0 aliphatic heterocycles. The minimum absolute atomic E-state index is 0.166. The van der Waals surface area contributed by atoms with Crippen molar-refractivity contribution in [3.63, 3.8) is 0 Å². The topological polar surface area (TPSA) is 29.3 Å². The summed E-state index contributed by atoms with van der Waals surface area (Å²) in [7, 11) is 0. The lowest BCUT2D eigenvalue weighted by atomic mass is 9.94. The van der Waals surface area contributed by atoms with Crippen molar-refractivity contribution in [2.75, 3.05) is 18.0 Å². The van der Waals surface area contributed by atoms with Crippen molar-refractivity contribution in [3.05, 3.63) is 30.1 Å². The van der Waals surface area contributed by atoms with Crippen molar-refractivity contribution in [1.29, 1.82) is 0 Å². The molecule has 1 aliphatic rings. The van der Waals surface area contributed by atoms with E-state index >= 15 is 0 Å². The molecule has 0 bridgehead atoms. The molecular formula is C16H25FN2. The third-order valence-electron chi connectivity index (χ3n) is 4.23. The lowest BCUT2D eigenvalue weighted by Crippen LogP contribution is -2.39. The average molecular weight is 264 g/mol. The molecule has 19 heavy (non-hydrogen) atoms. The van der Waals surface area contributed by atoms with Crippen LogP contribution in [-0.2, 0) is 0 Å². The highest BCUT2D eigenvalue weighted by molar-refractivity contribution is 5.46. The minimum atomic E-state index is -0.166. The van der Waals surface area contributed by atoms with Crippen molar-refractivity contribution in [2.24, 2.45) is 11.7 Å². The Balaban J connectivity index is 2.05. The standard InChI is InChI=1S/C16H25FN2/c1-2-19(15-9-6-8-14(17)11-15)12-13-7-4-3-5-10-16(13)18/h6,8-9,11,13,16H,2-5,7,10,12,18H2,1H3. The van der Waals surface area contributed by atoms with Crippen LogP contribution in [0.4, 0.5) is 10.1 Å². The number of nitrogens with zero attached hydrogens (tertiary/aromatic N) is 1. The van der Waals surface area contributed by atoms with Gasteiger partial charge in [-0.1, -0.05) is 25.3 Å². The number of hydrogen-bond donors (Lipinski definition) is 1. The van der Waals surface area contributed by atoms with Gasteiger partial charge in [0.05, 0.1) is 0 Å². The van der Waals surface area contributed by atoms with E-state index < -0.39 is 0 Å². The summed E-state index contributed by atoms with van der Waals surface area (Å²) in [6, 6.07) is 7.17. The Morgan fingerprint density at radius 1 is 1.26 bits per heavy atom. The van der Waals surface area contributed by atoms with E-state index in [1.165, 1.54) is 31.7 Å². The molecule has 1 aromatic carbocycles. The van der Waals surface area contributed by atoms with Crippen LogP contribution < -0.4 is 10.6 Å². The zero-order valence-corrected chi connectivity index (χ0v) is 11.8. The predicted molar refractivity (Wildman–Crippen MR) is 78.8 cm³/mol. The van der Waals surface area contributed by atoms with Gasteiger partial charge in [0, 0.05) is 24.8 Å². The van der Waals surface area contributed by atoms with Crippen LogP contribution in [0.1, 0.15) is 39.0 Å². The number of nitrogens with two attached hydrogens (primary N) is 1.